The number of rotatable bonds is 4. The lowest BCUT2D eigenvalue weighted by Crippen LogP contribution is -2.23. The van der Waals surface area contributed by atoms with Crippen LogP contribution in [0.15, 0.2) is 24.5 Å². The Balaban J connectivity index is 1.98. The topological polar surface area (TPSA) is 36.3 Å². The molecule has 0 amide bonds. The minimum absolute atomic E-state index is 0.0753. The predicted octanol–water partition coefficient (Wildman–Crippen LogP) is 3.97. The summed E-state index contributed by atoms with van der Waals surface area (Å²) >= 11 is 0. The summed E-state index contributed by atoms with van der Waals surface area (Å²) in [5.41, 5.74) is 0.0753. The SMILES string of the molecule is COc1ccc(F)c(F)c1-c1nccn1C1CCC(OC)CC1. The number of methoxy groups -OCH3 is 2. The molecule has 3 rings (SSSR count). The fraction of sp³-hybridized carbons (Fsp3) is 0.471. The number of ether oxygens (including phenoxy) is 2. The summed E-state index contributed by atoms with van der Waals surface area (Å²) in [6.07, 6.45) is 7.43. The van der Waals surface area contributed by atoms with Crippen LogP contribution in [0.5, 0.6) is 5.75 Å². The third-order valence-electron chi connectivity index (χ3n) is 4.54. The van der Waals surface area contributed by atoms with Crippen LogP contribution < -0.4 is 4.74 Å². The van der Waals surface area contributed by atoms with E-state index in [0.29, 0.717) is 5.82 Å². The number of halogens is 2. The van der Waals surface area contributed by atoms with Gasteiger partial charge < -0.3 is 14.0 Å². The first-order valence-corrected chi connectivity index (χ1v) is 7.73. The van der Waals surface area contributed by atoms with Crippen LogP contribution in [0.3, 0.4) is 0 Å². The van der Waals surface area contributed by atoms with Crippen molar-refractivity contribution in [3.63, 3.8) is 0 Å². The lowest BCUT2D eigenvalue weighted by molar-refractivity contribution is 0.0586. The Hall–Kier alpha value is -1.95. The van der Waals surface area contributed by atoms with Crippen molar-refractivity contribution in [1.29, 1.82) is 0 Å². The largest absolute Gasteiger partial charge is 0.496 e. The van der Waals surface area contributed by atoms with Crippen LogP contribution in [0, 0.1) is 11.6 Å². The molecule has 1 aliphatic rings. The van der Waals surface area contributed by atoms with Crippen molar-refractivity contribution in [3.05, 3.63) is 36.2 Å². The van der Waals surface area contributed by atoms with Gasteiger partial charge in [-0.1, -0.05) is 0 Å². The Morgan fingerprint density at radius 3 is 2.52 bits per heavy atom. The second-order valence-electron chi connectivity index (χ2n) is 5.76. The first-order valence-electron chi connectivity index (χ1n) is 7.73. The Labute approximate surface area is 134 Å². The van der Waals surface area contributed by atoms with E-state index in [2.05, 4.69) is 4.98 Å². The average molecular weight is 322 g/mol. The molecule has 0 unspecified atom stereocenters. The number of aromatic nitrogens is 2. The van der Waals surface area contributed by atoms with Crippen LogP contribution in [0.4, 0.5) is 8.78 Å². The quantitative estimate of drug-likeness (QED) is 0.854. The summed E-state index contributed by atoms with van der Waals surface area (Å²) in [5.74, 6) is -1.15. The molecule has 4 nitrogen and oxygen atoms in total. The zero-order valence-corrected chi connectivity index (χ0v) is 13.3. The van der Waals surface area contributed by atoms with Crippen LogP contribution in [-0.2, 0) is 4.74 Å². The molecule has 1 saturated carbocycles. The van der Waals surface area contributed by atoms with Crippen LogP contribution >= 0.6 is 0 Å². The van der Waals surface area contributed by atoms with E-state index >= 15 is 0 Å². The molecule has 0 radical (unpaired) electrons. The molecule has 0 atom stereocenters. The summed E-state index contributed by atoms with van der Waals surface area (Å²) in [6, 6.07) is 2.69. The maximum absolute atomic E-state index is 14.3. The molecule has 0 N–H and O–H groups in total. The Morgan fingerprint density at radius 2 is 1.87 bits per heavy atom. The van der Waals surface area contributed by atoms with Crippen molar-refractivity contribution in [1.82, 2.24) is 9.55 Å². The van der Waals surface area contributed by atoms with Crippen molar-refractivity contribution in [3.8, 4) is 17.1 Å². The van der Waals surface area contributed by atoms with E-state index in [9.17, 15) is 8.78 Å². The third-order valence-corrected chi connectivity index (χ3v) is 4.54. The molecule has 1 heterocycles. The highest BCUT2D eigenvalue weighted by molar-refractivity contribution is 5.65. The van der Waals surface area contributed by atoms with Gasteiger partial charge in [0.25, 0.3) is 0 Å². The average Bonchev–Trinajstić information content (AvgIpc) is 3.06. The highest BCUT2D eigenvalue weighted by Gasteiger charge is 2.26. The second-order valence-corrected chi connectivity index (χ2v) is 5.76. The van der Waals surface area contributed by atoms with Gasteiger partial charge in [-0.15, -0.1) is 0 Å². The maximum atomic E-state index is 14.3. The Morgan fingerprint density at radius 1 is 1.13 bits per heavy atom. The number of hydrogen-bond acceptors (Lipinski definition) is 3. The van der Waals surface area contributed by atoms with E-state index in [1.807, 2.05) is 10.8 Å². The first kappa shape index (κ1) is 15.9. The minimum Gasteiger partial charge on any atom is -0.496 e. The van der Waals surface area contributed by atoms with Crippen molar-refractivity contribution in [2.75, 3.05) is 14.2 Å². The fourth-order valence-corrected chi connectivity index (χ4v) is 3.27. The highest BCUT2D eigenvalue weighted by Crippen LogP contribution is 2.37. The van der Waals surface area contributed by atoms with Gasteiger partial charge >= 0.3 is 0 Å². The third kappa shape index (κ3) is 2.95. The predicted molar refractivity (Wildman–Crippen MR) is 82.4 cm³/mol. The maximum Gasteiger partial charge on any atom is 0.173 e. The number of imidazole rings is 1. The zero-order chi connectivity index (χ0) is 16.4. The molecule has 0 saturated heterocycles. The normalized spacial score (nSPS) is 21.4. The number of hydrogen-bond donors (Lipinski definition) is 0. The van der Waals surface area contributed by atoms with Gasteiger partial charge in [-0.25, -0.2) is 13.8 Å². The molecule has 1 aliphatic carbocycles. The zero-order valence-electron chi connectivity index (χ0n) is 13.3. The summed E-state index contributed by atoms with van der Waals surface area (Å²) < 4.78 is 40.5. The monoisotopic (exact) mass is 322 g/mol. The van der Waals surface area contributed by atoms with E-state index in [1.54, 1.807) is 13.3 Å². The lowest BCUT2D eigenvalue weighted by atomic mass is 9.92. The van der Waals surface area contributed by atoms with Gasteiger partial charge in [0, 0.05) is 25.5 Å². The van der Waals surface area contributed by atoms with Gasteiger partial charge in [0.15, 0.2) is 11.6 Å². The van der Waals surface area contributed by atoms with Gasteiger partial charge in [0.2, 0.25) is 0 Å². The standard InChI is InChI=1S/C17H20F2N2O2/c1-22-12-5-3-11(4-6-12)21-10-9-20-17(21)15-14(23-2)8-7-13(18)16(15)19/h7-12H,3-6H2,1-2H3. The van der Waals surface area contributed by atoms with E-state index < -0.39 is 11.6 Å². The molecule has 2 aromatic rings. The van der Waals surface area contributed by atoms with Crippen molar-refractivity contribution < 1.29 is 18.3 Å². The molecule has 23 heavy (non-hydrogen) atoms. The van der Waals surface area contributed by atoms with Gasteiger partial charge in [-0.2, -0.15) is 0 Å². The number of benzene rings is 1. The molecule has 1 aromatic heterocycles. The second kappa shape index (κ2) is 6.66. The van der Waals surface area contributed by atoms with E-state index in [4.69, 9.17) is 9.47 Å². The molecular formula is C17H20F2N2O2. The highest BCUT2D eigenvalue weighted by atomic mass is 19.2. The van der Waals surface area contributed by atoms with Crippen LogP contribution in [-0.4, -0.2) is 29.9 Å². The van der Waals surface area contributed by atoms with Gasteiger partial charge in [-0.05, 0) is 37.8 Å². The summed E-state index contributed by atoms with van der Waals surface area (Å²) in [7, 11) is 3.16. The molecule has 0 aliphatic heterocycles. The fourth-order valence-electron chi connectivity index (χ4n) is 3.27. The Kier molecular flexibility index (Phi) is 4.61. The lowest BCUT2D eigenvalue weighted by Gasteiger charge is -2.29. The summed E-state index contributed by atoms with van der Waals surface area (Å²) in [6.45, 7) is 0. The van der Waals surface area contributed by atoms with Crippen molar-refractivity contribution in [2.24, 2.45) is 0 Å². The van der Waals surface area contributed by atoms with Crippen LogP contribution in [0.1, 0.15) is 31.7 Å². The smallest absolute Gasteiger partial charge is 0.173 e. The minimum atomic E-state index is -0.928. The number of nitrogens with zero attached hydrogens (tertiary/aromatic N) is 2. The van der Waals surface area contributed by atoms with Crippen molar-refractivity contribution >= 4 is 0 Å². The molecule has 124 valence electrons. The van der Waals surface area contributed by atoms with Gasteiger partial charge in [-0.3, -0.25) is 0 Å². The molecule has 0 bridgehead atoms. The first-order chi connectivity index (χ1) is 11.2. The van der Waals surface area contributed by atoms with Gasteiger partial charge in [0.05, 0.1) is 18.8 Å². The van der Waals surface area contributed by atoms with E-state index in [-0.39, 0.29) is 23.5 Å². The summed E-state index contributed by atoms with van der Waals surface area (Å²) in [4.78, 5) is 4.26. The summed E-state index contributed by atoms with van der Waals surface area (Å²) in [5, 5.41) is 0. The molecule has 1 aromatic carbocycles. The van der Waals surface area contributed by atoms with Gasteiger partial charge in [0.1, 0.15) is 11.6 Å². The van der Waals surface area contributed by atoms with Crippen LogP contribution in [0.25, 0.3) is 11.4 Å². The van der Waals surface area contributed by atoms with E-state index in [1.165, 1.54) is 13.2 Å². The van der Waals surface area contributed by atoms with E-state index in [0.717, 1.165) is 31.7 Å². The van der Waals surface area contributed by atoms with Crippen LogP contribution in [0.2, 0.25) is 0 Å². The molecule has 6 heteroatoms. The Bertz CT molecular complexity index is 679. The molecule has 1 fully saturated rings. The van der Waals surface area contributed by atoms with Crippen molar-refractivity contribution in [2.45, 2.75) is 37.8 Å². The molecule has 0 spiro atoms. The molecular weight excluding hydrogens is 302 g/mol.